The van der Waals surface area contributed by atoms with Crippen LogP contribution in [0.5, 0.6) is 0 Å². The van der Waals surface area contributed by atoms with Gasteiger partial charge in [-0.25, -0.2) is 0 Å². The van der Waals surface area contributed by atoms with Crippen LogP contribution < -0.4 is 0 Å². The van der Waals surface area contributed by atoms with Gasteiger partial charge in [0.25, 0.3) is 0 Å². The molecule has 4 N–H and O–H groups in total. The van der Waals surface area contributed by atoms with Crippen molar-refractivity contribution in [2.24, 2.45) is 56.7 Å². The summed E-state index contributed by atoms with van der Waals surface area (Å²) in [5, 5.41) is 41.0. The smallest absolute Gasteiger partial charge is 0.307 e. The van der Waals surface area contributed by atoms with Crippen molar-refractivity contribution >= 4 is 11.9 Å². The largest absolute Gasteiger partial charge is 0.481 e. The number of esters is 1. The van der Waals surface area contributed by atoms with E-state index < -0.39 is 65.1 Å². The Morgan fingerprint density at radius 2 is 1.71 bits per heavy atom. The molecule has 0 aromatic heterocycles. The Morgan fingerprint density at radius 1 is 1.04 bits per heavy atom. The van der Waals surface area contributed by atoms with Crippen molar-refractivity contribution in [1.29, 1.82) is 0 Å². The van der Waals surface area contributed by atoms with Gasteiger partial charge in [0, 0.05) is 17.8 Å². The molecule has 4 fully saturated rings. The van der Waals surface area contributed by atoms with Gasteiger partial charge >= 0.3 is 11.9 Å². The number of rotatable bonds is 9. The third kappa shape index (κ3) is 4.96. The number of carbonyl (C=O) groups is 2. The molecule has 5 rings (SSSR count). The zero-order valence-electron chi connectivity index (χ0n) is 28.7. The first-order chi connectivity index (χ1) is 20.9. The SMILES string of the molecule is CC(=O)O[C@@H]1C[C@@]23COC[C@@](C)([C@@H]2CC[C@H]2C3=CC[C@@]3(C)[C@H](C(=O)O)[C@@](C)([C@H](C)C(C)C)CC[C@]23C)[C@H]1OCC(O)(CO)CO. The minimum atomic E-state index is -1.81. The maximum Gasteiger partial charge on any atom is 0.307 e. The molecular formula is C36H58O9. The molecule has 256 valence electrons. The molecule has 1 saturated heterocycles. The summed E-state index contributed by atoms with van der Waals surface area (Å²) in [5.74, 6) is -0.583. The Hall–Kier alpha value is -1.52. The van der Waals surface area contributed by atoms with E-state index in [9.17, 15) is 30.0 Å². The molecule has 0 aromatic carbocycles. The first kappa shape index (κ1) is 34.8. The molecule has 0 spiro atoms. The Morgan fingerprint density at radius 3 is 2.29 bits per heavy atom. The summed E-state index contributed by atoms with van der Waals surface area (Å²) in [5.41, 5.74) is -2.40. The summed E-state index contributed by atoms with van der Waals surface area (Å²) in [6.45, 7) is 16.3. The minimum Gasteiger partial charge on any atom is -0.481 e. The number of carboxylic acids is 1. The zero-order valence-corrected chi connectivity index (χ0v) is 28.7. The predicted octanol–water partition coefficient (Wildman–Crippen LogP) is 4.61. The number of ether oxygens (including phenoxy) is 3. The van der Waals surface area contributed by atoms with Crippen molar-refractivity contribution in [3.8, 4) is 0 Å². The van der Waals surface area contributed by atoms with E-state index in [0.29, 0.717) is 32.0 Å². The number of aliphatic carboxylic acids is 1. The van der Waals surface area contributed by atoms with E-state index in [1.807, 2.05) is 0 Å². The van der Waals surface area contributed by atoms with E-state index in [2.05, 4.69) is 54.5 Å². The topological polar surface area (TPSA) is 143 Å². The predicted molar refractivity (Wildman–Crippen MR) is 168 cm³/mol. The van der Waals surface area contributed by atoms with Gasteiger partial charge in [-0.1, -0.05) is 60.1 Å². The highest BCUT2D eigenvalue weighted by atomic mass is 16.6. The summed E-state index contributed by atoms with van der Waals surface area (Å²) < 4.78 is 18.8. The van der Waals surface area contributed by atoms with Crippen molar-refractivity contribution in [2.75, 3.05) is 33.0 Å². The molecule has 2 bridgehead atoms. The van der Waals surface area contributed by atoms with Gasteiger partial charge in [-0.05, 0) is 78.4 Å². The van der Waals surface area contributed by atoms with Gasteiger partial charge in [-0.15, -0.1) is 0 Å². The molecule has 1 aliphatic heterocycles. The summed E-state index contributed by atoms with van der Waals surface area (Å²) in [4.78, 5) is 25.8. The van der Waals surface area contributed by atoms with Crippen LogP contribution in [0.15, 0.2) is 11.6 Å². The van der Waals surface area contributed by atoms with Crippen LogP contribution in [0.1, 0.15) is 93.9 Å². The Kier molecular flexibility index (Phi) is 8.95. The van der Waals surface area contributed by atoms with Gasteiger partial charge in [0.1, 0.15) is 17.8 Å². The van der Waals surface area contributed by atoms with Gasteiger partial charge < -0.3 is 34.6 Å². The number of carbonyl (C=O) groups excluding carboxylic acids is 1. The lowest BCUT2D eigenvalue weighted by molar-refractivity contribution is -0.275. The monoisotopic (exact) mass is 634 g/mol. The summed E-state index contributed by atoms with van der Waals surface area (Å²) in [7, 11) is 0. The van der Waals surface area contributed by atoms with Gasteiger partial charge in [-0.3, -0.25) is 9.59 Å². The Bertz CT molecular complexity index is 1190. The summed E-state index contributed by atoms with van der Waals surface area (Å²) >= 11 is 0. The number of carboxylic acid groups (broad SMARTS) is 1. The fourth-order valence-corrected chi connectivity index (χ4v) is 11.6. The van der Waals surface area contributed by atoms with Crippen LogP contribution in [-0.2, 0) is 23.8 Å². The lowest BCUT2D eigenvalue weighted by Gasteiger charge is -2.71. The fraction of sp³-hybridized carbons (Fsp3) is 0.889. The van der Waals surface area contributed by atoms with E-state index in [-0.39, 0.29) is 35.2 Å². The van der Waals surface area contributed by atoms with Gasteiger partial charge in [0.05, 0.1) is 39.0 Å². The van der Waals surface area contributed by atoms with E-state index in [1.165, 1.54) is 12.5 Å². The van der Waals surface area contributed by atoms with Crippen molar-refractivity contribution < 1.29 is 44.2 Å². The first-order valence-corrected chi connectivity index (χ1v) is 17.1. The van der Waals surface area contributed by atoms with Crippen LogP contribution >= 0.6 is 0 Å². The normalized spacial score (nSPS) is 45.1. The van der Waals surface area contributed by atoms with Gasteiger partial charge in [0.2, 0.25) is 0 Å². The first-order valence-electron chi connectivity index (χ1n) is 17.1. The molecule has 3 saturated carbocycles. The van der Waals surface area contributed by atoms with Gasteiger partial charge in [0.15, 0.2) is 0 Å². The number of aliphatic hydroxyl groups excluding tert-OH is 2. The molecule has 9 nitrogen and oxygen atoms in total. The van der Waals surface area contributed by atoms with Crippen LogP contribution in [0.2, 0.25) is 0 Å². The zero-order chi connectivity index (χ0) is 33.4. The molecule has 0 amide bonds. The number of fused-ring (bicyclic) bond motifs is 3. The molecule has 0 unspecified atom stereocenters. The Balaban J connectivity index is 1.58. The molecule has 4 aliphatic carbocycles. The highest BCUT2D eigenvalue weighted by Gasteiger charge is 2.72. The average Bonchev–Trinajstić information content (AvgIpc) is 2.96. The number of aliphatic hydroxyl groups is 3. The number of allylic oxidation sites excluding steroid dienone is 1. The Labute approximate surface area is 269 Å². The van der Waals surface area contributed by atoms with Crippen molar-refractivity contribution in [3.63, 3.8) is 0 Å². The molecular weight excluding hydrogens is 576 g/mol. The number of hydrogen-bond acceptors (Lipinski definition) is 8. The van der Waals surface area contributed by atoms with Crippen LogP contribution in [0.4, 0.5) is 0 Å². The third-order valence-electron chi connectivity index (χ3n) is 14.5. The highest BCUT2D eigenvalue weighted by molar-refractivity contribution is 5.73. The van der Waals surface area contributed by atoms with E-state index >= 15 is 0 Å². The van der Waals surface area contributed by atoms with E-state index in [1.54, 1.807) is 0 Å². The van der Waals surface area contributed by atoms with Gasteiger partial charge in [-0.2, -0.15) is 0 Å². The van der Waals surface area contributed by atoms with Crippen molar-refractivity contribution in [2.45, 2.75) is 112 Å². The fourth-order valence-electron chi connectivity index (χ4n) is 11.6. The highest BCUT2D eigenvalue weighted by Crippen LogP contribution is 2.75. The van der Waals surface area contributed by atoms with Crippen molar-refractivity contribution in [3.05, 3.63) is 11.6 Å². The standard InChI is InChI=1S/C36H58O9/c1-21(2)22(3)31(5)13-14-33(7)24-9-10-27-32(6)18-43-20-36(27,25(24)11-12-34(33,8)28(31)30(40)41)15-26(45-23(4)39)29(32)44-19-35(42,16-37)17-38/h11,21-22,24,26-29,37-38,42H,9-10,12-20H2,1-8H3,(H,40,41)/t22-,24+,26-,27+,28-,29+,31-,32+,33-,34+,36+/m1/s1. The third-order valence-corrected chi connectivity index (χ3v) is 14.5. The molecule has 1 heterocycles. The van der Waals surface area contributed by atoms with E-state index in [4.69, 9.17) is 14.2 Å². The molecule has 45 heavy (non-hydrogen) atoms. The summed E-state index contributed by atoms with van der Waals surface area (Å²) in [6, 6.07) is 0. The van der Waals surface area contributed by atoms with Crippen LogP contribution in [0.3, 0.4) is 0 Å². The van der Waals surface area contributed by atoms with Crippen molar-refractivity contribution in [1.82, 2.24) is 0 Å². The lowest BCUT2D eigenvalue weighted by Crippen LogP contribution is -2.70. The maximum absolute atomic E-state index is 13.3. The second-order valence-electron chi connectivity index (χ2n) is 17.0. The van der Waals surface area contributed by atoms with Crippen LogP contribution in [0.25, 0.3) is 0 Å². The molecule has 0 radical (unpaired) electrons. The lowest BCUT2D eigenvalue weighted by atomic mass is 9.34. The molecule has 9 heteroatoms. The van der Waals surface area contributed by atoms with Crippen LogP contribution in [0, 0.1) is 56.7 Å². The van der Waals surface area contributed by atoms with E-state index in [0.717, 1.165) is 25.7 Å². The molecule has 0 aromatic rings. The second kappa shape index (κ2) is 11.6. The average molecular weight is 635 g/mol. The maximum atomic E-state index is 13.3. The molecule has 5 aliphatic rings. The summed E-state index contributed by atoms with van der Waals surface area (Å²) in [6.07, 6.45) is 6.00. The second-order valence-corrected chi connectivity index (χ2v) is 17.0. The number of hydrogen-bond donors (Lipinski definition) is 4. The molecule has 11 atom stereocenters. The quantitative estimate of drug-likeness (QED) is 0.211. The van der Waals surface area contributed by atoms with Crippen LogP contribution in [-0.4, -0.2) is 83.2 Å². The minimum absolute atomic E-state index is 0.160.